The summed E-state index contributed by atoms with van der Waals surface area (Å²) in [6, 6.07) is 17.0. The van der Waals surface area contributed by atoms with E-state index in [1.807, 2.05) is 42.5 Å². The van der Waals surface area contributed by atoms with Crippen LogP contribution in [0.5, 0.6) is 0 Å². The van der Waals surface area contributed by atoms with E-state index >= 15 is 0 Å². The maximum absolute atomic E-state index is 12.1. The minimum Gasteiger partial charge on any atom is -0.458 e. The third-order valence-electron chi connectivity index (χ3n) is 3.33. The summed E-state index contributed by atoms with van der Waals surface area (Å²) in [5.41, 5.74) is 1.13. The van der Waals surface area contributed by atoms with Gasteiger partial charge in [-0.05, 0) is 29.8 Å². The number of sulfonamides is 1. The lowest BCUT2D eigenvalue weighted by Gasteiger charge is -2.07. The van der Waals surface area contributed by atoms with E-state index in [-0.39, 0.29) is 30.0 Å². The molecule has 0 saturated heterocycles. The first-order chi connectivity index (χ1) is 12.5. The number of nitriles is 1. The quantitative estimate of drug-likeness (QED) is 0.569. The average molecular weight is 370 g/mol. The molecule has 0 saturated carbocycles. The molecule has 0 amide bonds. The van der Waals surface area contributed by atoms with Crippen molar-refractivity contribution in [3.05, 3.63) is 71.8 Å². The van der Waals surface area contributed by atoms with Gasteiger partial charge in [0, 0.05) is 13.0 Å². The van der Waals surface area contributed by atoms with Crippen LogP contribution in [0, 0.1) is 11.3 Å². The molecule has 7 heteroatoms. The van der Waals surface area contributed by atoms with Gasteiger partial charge in [0.2, 0.25) is 10.0 Å². The number of rotatable bonds is 8. The van der Waals surface area contributed by atoms with Gasteiger partial charge in [-0.25, -0.2) is 17.9 Å². The van der Waals surface area contributed by atoms with E-state index in [0.29, 0.717) is 0 Å². The Morgan fingerprint density at radius 2 is 1.92 bits per heavy atom. The van der Waals surface area contributed by atoms with Crippen LogP contribution in [-0.2, 0) is 14.8 Å². The zero-order valence-corrected chi connectivity index (χ0v) is 14.8. The Morgan fingerprint density at radius 1 is 1.15 bits per heavy atom. The number of ether oxygens (including phenoxy) is 1. The van der Waals surface area contributed by atoms with Gasteiger partial charge in [0.15, 0.2) is 0 Å². The Labute approximate surface area is 152 Å². The van der Waals surface area contributed by atoms with Gasteiger partial charge in [0.25, 0.3) is 0 Å². The lowest BCUT2D eigenvalue weighted by Crippen LogP contribution is -2.24. The summed E-state index contributed by atoms with van der Waals surface area (Å²) in [5.74, 6) is -0.614. The highest BCUT2D eigenvalue weighted by Crippen LogP contribution is 2.12. The molecule has 0 fully saturated rings. The largest absolute Gasteiger partial charge is 0.458 e. The van der Waals surface area contributed by atoms with Crippen LogP contribution < -0.4 is 4.72 Å². The van der Waals surface area contributed by atoms with Crippen LogP contribution in [0.15, 0.2) is 65.6 Å². The van der Waals surface area contributed by atoms with Gasteiger partial charge in [-0.3, -0.25) is 0 Å². The molecule has 2 rings (SSSR count). The van der Waals surface area contributed by atoms with Crippen LogP contribution in [0.25, 0.3) is 6.08 Å². The predicted molar refractivity (Wildman–Crippen MR) is 97.6 cm³/mol. The molecule has 0 aliphatic heterocycles. The molecule has 2 aromatic rings. The lowest BCUT2D eigenvalue weighted by atomic mass is 10.2. The average Bonchev–Trinajstić information content (AvgIpc) is 2.66. The van der Waals surface area contributed by atoms with Gasteiger partial charge in [0.1, 0.15) is 6.61 Å². The van der Waals surface area contributed by atoms with Crippen LogP contribution in [-0.4, -0.2) is 27.5 Å². The number of benzene rings is 2. The van der Waals surface area contributed by atoms with Gasteiger partial charge in [-0.2, -0.15) is 5.26 Å². The molecular weight excluding hydrogens is 352 g/mol. The topological polar surface area (TPSA) is 96.3 Å². The van der Waals surface area contributed by atoms with E-state index < -0.39 is 16.0 Å². The summed E-state index contributed by atoms with van der Waals surface area (Å²) in [6.07, 6.45) is 3.60. The maximum atomic E-state index is 12.1. The number of hydrogen-bond acceptors (Lipinski definition) is 5. The van der Waals surface area contributed by atoms with Gasteiger partial charge in [-0.15, -0.1) is 0 Å². The summed E-state index contributed by atoms with van der Waals surface area (Å²) in [4.78, 5) is 12.0. The minimum atomic E-state index is -3.77. The van der Waals surface area contributed by atoms with E-state index in [2.05, 4.69) is 4.72 Å². The van der Waals surface area contributed by atoms with E-state index in [1.165, 1.54) is 24.3 Å². The Hall–Kier alpha value is -2.95. The predicted octanol–water partition coefficient (Wildman–Crippen LogP) is 2.75. The van der Waals surface area contributed by atoms with Crippen LogP contribution in [0.1, 0.15) is 22.3 Å². The lowest BCUT2D eigenvalue weighted by molar-refractivity contribution is 0.0550. The molecule has 0 spiro atoms. The number of carbonyl (C=O) groups is 1. The summed E-state index contributed by atoms with van der Waals surface area (Å²) in [6.45, 7) is 0.0862. The second-order valence-corrected chi connectivity index (χ2v) is 7.01. The number of nitrogens with zero attached hydrogens (tertiary/aromatic N) is 1. The molecule has 0 aromatic heterocycles. The van der Waals surface area contributed by atoms with Crippen LogP contribution in [0.3, 0.4) is 0 Å². The number of carbonyl (C=O) groups excluding carboxylic acids is 1. The molecule has 1 N–H and O–H groups in total. The first-order valence-electron chi connectivity index (χ1n) is 7.88. The highest BCUT2D eigenvalue weighted by Gasteiger charge is 2.16. The van der Waals surface area contributed by atoms with Gasteiger partial charge in [-0.1, -0.05) is 42.5 Å². The third-order valence-corrected chi connectivity index (χ3v) is 4.79. The second-order valence-electron chi connectivity index (χ2n) is 5.25. The van der Waals surface area contributed by atoms with Crippen LogP contribution in [0.4, 0.5) is 0 Å². The van der Waals surface area contributed by atoms with Crippen LogP contribution in [0.2, 0.25) is 0 Å². The standard InChI is InChI=1S/C19H18N2O4S/c20-12-6-13-21-26(23,24)18-11-4-10-17(15-18)19(22)25-14-5-9-16-7-2-1-3-8-16/h1-5,7-11,15,21H,6,13-14H2/b9-5+. The molecule has 2 aromatic carbocycles. The first-order valence-corrected chi connectivity index (χ1v) is 9.36. The normalized spacial score (nSPS) is 11.2. The first kappa shape index (κ1) is 19.4. The molecule has 0 heterocycles. The van der Waals surface area contributed by atoms with Crippen molar-refractivity contribution in [2.75, 3.05) is 13.2 Å². The monoisotopic (exact) mass is 370 g/mol. The molecule has 26 heavy (non-hydrogen) atoms. The molecule has 134 valence electrons. The highest BCUT2D eigenvalue weighted by atomic mass is 32.2. The fourth-order valence-electron chi connectivity index (χ4n) is 2.07. The van der Waals surface area contributed by atoms with Crippen molar-refractivity contribution in [3.8, 4) is 6.07 Å². The zero-order chi connectivity index (χ0) is 18.8. The SMILES string of the molecule is N#CCCNS(=O)(=O)c1cccc(C(=O)OC/C=C/c2ccccc2)c1. The molecule has 0 radical (unpaired) electrons. The van der Waals surface area contributed by atoms with Crippen molar-refractivity contribution in [3.63, 3.8) is 0 Å². The molecule has 0 atom stereocenters. The second kappa shape index (κ2) is 9.51. The summed E-state index contributed by atoms with van der Waals surface area (Å²) >= 11 is 0. The van der Waals surface area contributed by atoms with Crippen molar-refractivity contribution in [2.45, 2.75) is 11.3 Å². The van der Waals surface area contributed by atoms with Gasteiger partial charge < -0.3 is 4.74 Å². The third kappa shape index (κ3) is 5.84. The molecule has 6 nitrogen and oxygen atoms in total. The Balaban J connectivity index is 1.97. The molecule has 0 aliphatic carbocycles. The van der Waals surface area contributed by atoms with Crippen molar-refractivity contribution in [2.24, 2.45) is 0 Å². The molecule has 0 unspecified atom stereocenters. The summed E-state index contributed by atoms with van der Waals surface area (Å²) < 4.78 is 31.7. The fraction of sp³-hybridized carbons (Fsp3) is 0.158. The zero-order valence-electron chi connectivity index (χ0n) is 14.0. The van der Waals surface area contributed by atoms with E-state index in [4.69, 9.17) is 10.00 Å². The van der Waals surface area contributed by atoms with E-state index in [1.54, 1.807) is 6.08 Å². The Morgan fingerprint density at radius 3 is 2.65 bits per heavy atom. The maximum Gasteiger partial charge on any atom is 0.338 e. The number of hydrogen-bond donors (Lipinski definition) is 1. The van der Waals surface area contributed by atoms with Crippen molar-refractivity contribution in [1.82, 2.24) is 4.72 Å². The minimum absolute atomic E-state index is 0.0117. The van der Waals surface area contributed by atoms with Gasteiger partial charge >= 0.3 is 5.97 Å². The smallest absolute Gasteiger partial charge is 0.338 e. The Bertz CT molecular complexity index is 916. The molecular formula is C19H18N2O4S. The Kier molecular flexibility index (Phi) is 7.09. The fourth-order valence-corrected chi connectivity index (χ4v) is 3.15. The van der Waals surface area contributed by atoms with Crippen molar-refractivity contribution < 1.29 is 17.9 Å². The van der Waals surface area contributed by atoms with Crippen molar-refractivity contribution in [1.29, 1.82) is 5.26 Å². The number of nitrogens with one attached hydrogen (secondary N) is 1. The van der Waals surface area contributed by atoms with Crippen LogP contribution >= 0.6 is 0 Å². The van der Waals surface area contributed by atoms with E-state index in [0.717, 1.165) is 5.56 Å². The van der Waals surface area contributed by atoms with Crippen molar-refractivity contribution >= 4 is 22.1 Å². The highest BCUT2D eigenvalue weighted by molar-refractivity contribution is 7.89. The number of esters is 1. The van der Waals surface area contributed by atoms with Gasteiger partial charge in [0.05, 0.1) is 16.5 Å². The molecule has 0 aliphatic rings. The summed E-state index contributed by atoms with van der Waals surface area (Å²) in [5, 5.41) is 8.47. The van der Waals surface area contributed by atoms with E-state index in [9.17, 15) is 13.2 Å². The summed E-state index contributed by atoms with van der Waals surface area (Å²) in [7, 11) is -3.77. The molecule has 0 bridgehead atoms.